The van der Waals surface area contributed by atoms with Crippen molar-refractivity contribution in [2.24, 2.45) is 0 Å². The predicted molar refractivity (Wildman–Crippen MR) is 129 cm³/mol. The molecule has 7 heteroatoms. The average Bonchev–Trinajstić information content (AvgIpc) is 2.86. The Morgan fingerprint density at radius 3 is 2.30 bits per heavy atom. The van der Waals surface area contributed by atoms with E-state index < -0.39 is 22.6 Å². The molecule has 0 heterocycles. The molecule has 2 nitrogen and oxygen atoms in total. The van der Waals surface area contributed by atoms with Crippen LogP contribution in [-0.2, 0) is 18.7 Å². The van der Waals surface area contributed by atoms with Crippen molar-refractivity contribution < 1.29 is 18.7 Å². The maximum absolute atomic E-state index is 6.16. The van der Waals surface area contributed by atoms with Gasteiger partial charge in [-0.2, -0.15) is 0 Å². The first-order valence-electron chi connectivity index (χ1n) is 9.56. The van der Waals surface area contributed by atoms with Crippen molar-refractivity contribution in [1.82, 2.24) is 3.80 Å². The number of hydrogen-bond donors (Lipinski definition) is 1. The van der Waals surface area contributed by atoms with Gasteiger partial charge in [0.1, 0.15) is 0 Å². The first-order chi connectivity index (χ1) is 11.3. The predicted octanol–water partition coefficient (Wildman–Crippen LogP) is 5.85. The largest absolute Gasteiger partial charge is 0.147 e. The molecule has 1 atom stereocenters. The summed E-state index contributed by atoms with van der Waals surface area (Å²) in [5.74, 6) is 0. The van der Waals surface area contributed by atoms with Crippen LogP contribution >= 0.6 is 24.8 Å². The molecule has 0 aliphatic heterocycles. The Morgan fingerprint density at radius 1 is 1.15 bits per heavy atom. The van der Waals surface area contributed by atoms with Gasteiger partial charge in [-0.25, -0.2) is 0 Å². The second-order valence-corrected chi connectivity index (χ2v) is 32.6. The Hall–Kier alpha value is 0.608. The third-order valence-corrected chi connectivity index (χ3v) is 18.8. The van der Waals surface area contributed by atoms with E-state index in [9.17, 15) is 0 Å². The molecule has 1 aliphatic carbocycles. The van der Waals surface area contributed by atoms with Crippen molar-refractivity contribution in [3.05, 3.63) is 41.5 Å². The van der Waals surface area contributed by atoms with Crippen molar-refractivity contribution in [2.75, 3.05) is 6.61 Å². The van der Waals surface area contributed by atoms with E-state index in [2.05, 4.69) is 93.5 Å². The molecule has 156 valence electrons. The van der Waals surface area contributed by atoms with E-state index in [1.165, 1.54) is 15.9 Å². The molecule has 2 rings (SSSR count). The monoisotopic (exact) mass is 483 g/mol. The maximum Gasteiger partial charge on any atom is -0.147 e. The van der Waals surface area contributed by atoms with Crippen molar-refractivity contribution in [1.29, 1.82) is 0 Å². The van der Waals surface area contributed by atoms with E-state index >= 15 is 0 Å². The van der Waals surface area contributed by atoms with Gasteiger partial charge in [-0.1, -0.05) is 0 Å². The summed E-state index contributed by atoms with van der Waals surface area (Å²) in [5, 5.41) is 2.60. The summed E-state index contributed by atoms with van der Waals surface area (Å²) in [6.07, 6.45) is 5.98. The summed E-state index contributed by atoms with van der Waals surface area (Å²) in [4.78, 5) is 0. The number of rotatable bonds is 7. The Kier molecular flexibility index (Phi) is 9.83. The van der Waals surface area contributed by atoms with Crippen LogP contribution in [0.15, 0.2) is 30.3 Å². The fraction of sp³-hybridized carbons (Fsp3) is 0.600. The summed E-state index contributed by atoms with van der Waals surface area (Å²) in [7, 11) is 0.901. The Labute approximate surface area is 183 Å². The summed E-state index contributed by atoms with van der Waals surface area (Å²) < 4.78 is 12.2. The van der Waals surface area contributed by atoms with E-state index in [4.69, 9.17) is 4.43 Å². The SMILES string of the molecule is CC(C)(C)[NH][Ti]([CH3])(=[SiH2])([CH2]CCO[Si](C)(C)C)[CH]1C=Cc2ccccc21.Cl.Cl. The zero-order chi connectivity index (χ0) is 19.0. The molecule has 1 N–H and O–H groups in total. The molecule has 1 unspecified atom stereocenters. The van der Waals surface area contributed by atoms with Crippen molar-refractivity contribution in [2.45, 2.75) is 66.5 Å². The van der Waals surface area contributed by atoms with Gasteiger partial charge in [-0.15, -0.1) is 24.8 Å². The molecule has 0 amide bonds. The van der Waals surface area contributed by atoms with Gasteiger partial charge in [0.05, 0.1) is 0 Å². The minimum atomic E-state index is -2.99. The number of benzene rings is 1. The molecule has 0 saturated heterocycles. The topological polar surface area (TPSA) is 21.3 Å². The van der Waals surface area contributed by atoms with E-state index in [1.54, 1.807) is 0 Å². The summed E-state index contributed by atoms with van der Waals surface area (Å²) in [6.45, 7) is 14.7. The van der Waals surface area contributed by atoms with E-state index in [0.29, 0.717) is 4.22 Å². The van der Waals surface area contributed by atoms with Crippen LogP contribution in [0.25, 0.3) is 6.08 Å². The minimum Gasteiger partial charge on any atom is -0.147 e. The van der Waals surface area contributed by atoms with Crippen LogP contribution in [0.2, 0.25) is 29.6 Å². The number of fused-ring (bicyclic) bond motifs is 1. The molecular formula is C20H39Cl2NOSi2Ti. The van der Waals surface area contributed by atoms with Gasteiger partial charge in [0.2, 0.25) is 0 Å². The van der Waals surface area contributed by atoms with E-state index in [0.717, 1.165) is 13.0 Å². The smallest absolute Gasteiger partial charge is 0.147 e. The maximum atomic E-state index is 6.16. The molecule has 0 radical (unpaired) electrons. The van der Waals surface area contributed by atoms with Crippen LogP contribution in [0.1, 0.15) is 42.5 Å². The van der Waals surface area contributed by atoms with Gasteiger partial charge >= 0.3 is 159 Å². The molecule has 0 spiro atoms. The summed E-state index contributed by atoms with van der Waals surface area (Å²) in [6, 6.07) is 8.94. The third kappa shape index (κ3) is 7.75. The van der Waals surface area contributed by atoms with E-state index in [1.807, 2.05) is 0 Å². The number of nitrogens with one attached hydrogen (secondary N) is 1. The van der Waals surface area contributed by atoms with E-state index in [-0.39, 0.29) is 30.4 Å². The van der Waals surface area contributed by atoms with Crippen LogP contribution in [0.3, 0.4) is 0 Å². The molecule has 0 bridgehead atoms. The van der Waals surface area contributed by atoms with Gasteiger partial charge in [0.15, 0.2) is 0 Å². The number of halogens is 2. The molecule has 0 aromatic heterocycles. The van der Waals surface area contributed by atoms with Gasteiger partial charge in [-0.3, -0.25) is 0 Å². The molecule has 1 aliphatic rings. The van der Waals surface area contributed by atoms with Gasteiger partial charge < -0.3 is 0 Å². The first kappa shape index (κ1) is 27.6. The molecule has 27 heavy (non-hydrogen) atoms. The van der Waals surface area contributed by atoms with Crippen molar-refractivity contribution >= 4 is 46.8 Å². The van der Waals surface area contributed by atoms with Crippen molar-refractivity contribution in [3.8, 4) is 0 Å². The Morgan fingerprint density at radius 2 is 1.74 bits per heavy atom. The molecule has 1 aromatic rings. The molecule has 1 aromatic carbocycles. The average molecular weight is 484 g/mol. The second-order valence-electron chi connectivity index (χ2n) is 10.3. The van der Waals surface area contributed by atoms with Crippen molar-refractivity contribution in [3.63, 3.8) is 0 Å². The van der Waals surface area contributed by atoms with Crippen LogP contribution in [0.4, 0.5) is 0 Å². The number of allylic oxidation sites excluding steroid dienone is 1. The summed E-state index contributed by atoms with van der Waals surface area (Å²) >= 11 is -2.99. The van der Waals surface area contributed by atoms with Crippen LogP contribution in [0, 0.1) is 0 Å². The molecule has 0 saturated carbocycles. The number of hydrogen-bond acceptors (Lipinski definition) is 2. The van der Waals surface area contributed by atoms with Crippen LogP contribution in [0.5, 0.6) is 0 Å². The first-order valence-corrected chi connectivity index (χ1v) is 21.3. The fourth-order valence-corrected chi connectivity index (χ4v) is 18.8. The fourth-order valence-electron chi connectivity index (χ4n) is 4.34. The quantitative estimate of drug-likeness (QED) is 0.388. The second kappa shape index (κ2) is 9.61. The third-order valence-electron chi connectivity index (χ3n) is 5.01. The molecular weight excluding hydrogens is 445 g/mol. The van der Waals surface area contributed by atoms with Gasteiger partial charge in [0, 0.05) is 0 Å². The zero-order valence-electron chi connectivity index (χ0n) is 18.1. The van der Waals surface area contributed by atoms with Gasteiger partial charge in [-0.05, 0) is 0 Å². The normalized spacial score (nSPS) is 17.1. The zero-order valence-corrected chi connectivity index (χ0v) is 23.7. The van der Waals surface area contributed by atoms with Gasteiger partial charge in [0.25, 0.3) is 0 Å². The van der Waals surface area contributed by atoms with Crippen LogP contribution in [-0.4, -0.2) is 28.1 Å². The Bertz CT molecular complexity index is 725. The minimum absolute atomic E-state index is 0. The Balaban J connectivity index is 0.00000338. The van der Waals surface area contributed by atoms with Crippen LogP contribution < -0.4 is 3.80 Å². The standard InChI is InChI=1S/C9H7.C6H15OSi.C4H10N.CH3.2ClH.H2Si.Ti/c1-2-5-9-7-3-6-8(9)4-1;1-5-6-7-8(2,3)4;1-4(2,3)5;;;;;/h1-7H;1,5-6H2,2-4H3;5H,1-3H3;1H3;2*1H;1H2;/q;;-1;;;;;+1. The molecule has 0 fully saturated rings. The summed E-state index contributed by atoms with van der Waals surface area (Å²) in [5.41, 5.74) is 3.07.